The highest BCUT2D eigenvalue weighted by atomic mass is 79.9. The summed E-state index contributed by atoms with van der Waals surface area (Å²) in [6.07, 6.45) is 0. The molecular formula is C11H12BrClN4O. The van der Waals surface area contributed by atoms with Gasteiger partial charge in [-0.3, -0.25) is 14.0 Å². The standard InChI is InChI=1S/C11H12BrClN4O/c1-6-11(12)8(16(3)15-6)5-17-7(2)14-9(13)4-10(17)18/h4H,5H2,1-3H3. The minimum atomic E-state index is -0.168. The zero-order valence-corrected chi connectivity index (χ0v) is 12.6. The summed E-state index contributed by atoms with van der Waals surface area (Å²) in [4.78, 5) is 16.0. The molecule has 0 N–H and O–H groups in total. The van der Waals surface area contributed by atoms with Crippen molar-refractivity contribution in [3.63, 3.8) is 0 Å². The van der Waals surface area contributed by atoms with Crippen LogP contribution in [0.25, 0.3) is 0 Å². The van der Waals surface area contributed by atoms with Gasteiger partial charge in [0.15, 0.2) is 0 Å². The van der Waals surface area contributed by atoms with Crippen molar-refractivity contribution >= 4 is 27.5 Å². The van der Waals surface area contributed by atoms with E-state index in [0.717, 1.165) is 15.9 Å². The zero-order valence-electron chi connectivity index (χ0n) is 10.2. The summed E-state index contributed by atoms with van der Waals surface area (Å²) in [5.74, 6) is 0.582. The first-order valence-corrected chi connectivity index (χ1v) is 6.49. The van der Waals surface area contributed by atoms with E-state index in [4.69, 9.17) is 11.6 Å². The van der Waals surface area contributed by atoms with Gasteiger partial charge in [-0.2, -0.15) is 5.10 Å². The number of aryl methyl sites for hydroxylation is 3. The Hall–Kier alpha value is -1.14. The number of hydrogen-bond acceptors (Lipinski definition) is 3. The van der Waals surface area contributed by atoms with Crippen LogP contribution in [-0.4, -0.2) is 19.3 Å². The SMILES string of the molecule is Cc1nn(C)c(Cn2c(C)nc(Cl)cc2=O)c1Br. The first kappa shape index (κ1) is 13.3. The van der Waals surface area contributed by atoms with E-state index < -0.39 is 0 Å². The van der Waals surface area contributed by atoms with Crippen molar-refractivity contribution in [1.82, 2.24) is 19.3 Å². The van der Waals surface area contributed by atoms with Gasteiger partial charge in [-0.25, -0.2) is 4.98 Å². The van der Waals surface area contributed by atoms with Crippen LogP contribution in [0.3, 0.4) is 0 Å². The van der Waals surface area contributed by atoms with Crippen LogP contribution in [0, 0.1) is 13.8 Å². The Bertz CT molecular complexity index is 662. The smallest absolute Gasteiger partial charge is 0.255 e. The fraction of sp³-hybridized carbons (Fsp3) is 0.364. The lowest BCUT2D eigenvalue weighted by atomic mass is 10.3. The third-order valence-corrected chi connectivity index (χ3v) is 3.96. The van der Waals surface area contributed by atoms with Crippen LogP contribution in [0.5, 0.6) is 0 Å². The fourth-order valence-electron chi connectivity index (χ4n) is 1.78. The van der Waals surface area contributed by atoms with Crippen molar-refractivity contribution in [3.05, 3.63) is 43.3 Å². The van der Waals surface area contributed by atoms with Crippen LogP contribution in [0.2, 0.25) is 5.15 Å². The molecule has 0 atom stereocenters. The predicted octanol–water partition coefficient (Wildman–Crippen LogP) is 2.06. The van der Waals surface area contributed by atoms with E-state index in [1.165, 1.54) is 6.07 Å². The van der Waals surface area contributed by atoms with Gasteiger partial charge in [0.2, 0.25) is 0 Å². The van der Waals surface area contributed by atoms with Crippen LogP contribution in [0.15, 0.2) is 15.3 Å². The molecule has 0 unspecified atom stereocenters. The van der Waals surface area contributed by atoms with Crippen LogP contribution in [0.1, 0.15) is 17.2 Å². The minimum absolute atomic E-state index is 0.168. The van der Waals surface area contributed by atoms with E-state index >= 15 is 0 Å². The number of aromatic nitrogens is 4. The Kier molecular flexibility index (Phi) is 3.59. The topological polar surface area (TPSA) is 52.7 Å². The summed E-state index contributed by atoms with van der Waals surface area (Å²) in [6.45, 7) is 4.07. The molecule has 18 heavy (non-hydrogen) atoms. The van der Waals surface area contributed by atoms with Gasteiger partial charge in [0.1, 0.15) is 11.0 Å². The van der Waals surface area contributed by atoms with Crippen LogP contribution < -0.4 is 5.56 Å². The van der Waals surface area contributed by atoms with E-state index in [0.29, 0.717) is 12.4 Å². The second-order valence-electron chi connectivity index (χ2n) is 4.02. The number of hydrogen-bond donors (Lipinski definition) is 0. The predicted molar refractivity (Wildman–Crippen MR) is 73.0 cm³/mol. The van der Waals surface area contributed by atoms with Crippen molar-refractivity contribution in [1.29, 1.82) is 0 Å². The Morgan fingerprint density at radius 3 is 2.61 bits per heavy atom. The lowest BCUT2D eigenvalue weighted by molar-refractivity contribution is 0.627. The molecule has 0 spiro atoms. The first-order chi connectivity index (χ1) is 8.40. The highest BCUT2D eigenvalue weighted by molar-refractivity contribution is 9.10. The van der Waals surface area contributed by atoms with Gasteiger partial charge in [-0.1, -0.05) is 11.6 Å². The molecule has 0 aliphatic carbocycles. The molecule has 0 aliphatic heterocycles. The van der Waals surface area contributed by atoms with Crippen LogP contribution in [-0.2, 0) is 13.6 Å². The van der Waals surface area contributed by atoms with Gasteiger partial charge in [0.05, 0.1) is 22.4 Å². The number of nitrogens with zero attached hydrogens (tertiary/aromatic N) is 4. The third-order valence-electron chi connectivity index (χ3n) is 2.74. The largest absolute Gasteiger partial charge is 0.291 e. The van der Waals surface area contributed by atoms with Gasteiger partial charge in [0, 0.05) is 13.1 Å². The molecule has 7 heteroatoms. The van der Waals surface area contributed by atoms with Crippen LogP contribution >= 0.6 is 27.5 Å². The highest BCUT2D eigenvalue weighted by Gasteiger charge is 2.13. The maximum Gasteiger partial charge on any atom is 0.255 e. The summed E-state index contributed by atoms with van der Waals surface area (Å²) in [5.41, 5.74) is 1.64. The van der Waals surface area contributed by atoms with Gasteiger partial charge in [-0.15, -0.1) is 0 Å². The molecule has 0 fully saturated rings. The van der Waals surface area contributed by atoms with E-state index in [2.05, 4.69) is 26.0 Å². The van der Waals surface area contributed by atoms with Crippen molar-refractivity contribution in [2.45, 2.75) is 20.4 Å². The monoisotopic (exact) mass is 330 g/mol. The Morgan fingerprint density at radius 1 is 1.44 bits per heavy atom. The first-order valence-electron chi connectivity index (χ1n) is 5.32. The van der Waals surface area contributed by atoms with E-state index in [1.807, 2.05) is 14.0 Å². The van der Waals surface area contributed by atoms with Gasteiger partial charge < -0.3 is 0 Å². The normalized spacial score (nSPS) is 10.9. The van der Waals surface area contributed by atoms with E-state index in [-0.39, 0.29) is 10.7 Å². The molecule has 0 bridgehead atoms. The van der Waals surface area contributed by atoms with Crippen LogP contribution in [0.4, 0.5) is 0 Å². The van der Waals surface area contributed by atoms with Crippen molar-refractivity contribution < 1.29 is 0 Å². The minimum Gasteiger partial charge on any atom is -0.291 e. The molecule has 0 saturated carbocycles. The Balaban J connectivity index is 2.50. The Labute approximate surface area is 118 Å². The molecule has 2 aromatic rings. The maximum atomic E-state index is 11.9. The molecule has 0 amide bonds. The molecular weight excluding hydrogens is 320 g/mol. The molecule has 0 aromatic carbocycles. The van der Waals surface area contributed by atoms with E-state index in [1.54, 1.807) is 16.2 Å². The number of halogens is 2. The van der Waals surface area contributed by atoms with Crippen molar-refractivity contribution in [2.75, 3.05) is 0 Å². The fourth-order valence-corrected chi connectivity index (χ4v) is 2.46. The molecule has 96 valence electrons. The van der Waals surface area contributed by atoms with Gasteiger partial charge in [-0.05, 0) is 29.8 Å². The lowest BCUT2D eigenvalue weighted by Gasteiger charge is -2.09. The highest BCUT2D eigenvalue weighted by Crippen LogP contribution is 2.21. The van der Waals surface area contributed by atoms with Gasteiger partial charge >= 0.3 is 0 Å². The second kappa shape index (κ2) is 4.85. The van der Waals surface area contributed by atoms with E-state index in [9.17, 15) is 4.79 Å². The third kappa shape index (κ3) is 2.35. The average Bonchev–Trinajstić information content (AvgIpc) is 2.48. The molecule has 0 saturated heterocycles. The molecule has 5 nitrogen and oxygen atoms in total. The summed E-state index contributed by atoms with van der Waals surface area (Å²) in [6, 6.07) is 1.31. The molecule has 2 aromatic heterocycles. The number of rotatable bonds is 2. The van der Waals surface area contributed by atoms with Crippen molar-refractivity contribution in [3.8, 4) is 0 Å². The quantitative estimate of drug-likeness (QED) is 0.792. The summed E-state index contributed by atoms with van der Waals surface area (Å²) in [5, 5.41) is 4.51. The lowest BCUT2D eigenvalue weighted by Crippen LogP contribution is -2.24. The van der Waals surface area contributed by atoms with Gasteiger partial charge in [0.25, 0.3) is 5.56 Å². The summed E-state index contributed by atoms with van der Waals surface area (Å²) in [7, 11) is 1.84. The summed E-state index contributed by atoms with van der Waals surface area (Å²) < 4.78 is 4.22. The Morgan fingerprint density at radius 2 is 2.11 bits per heavy atom. The maximum absolute atomic E-state index is 11.9. The average molecular weight is 332 g/mol. The molecule has 2 rings (SSSR count). The molecule has 0 radical (unpaired) electrons. The zero-order chi connectivity index (χ0) is 13.4. The second-order valence-corrected chi connectivity index (χ2v) is 5.20. The molecule has 2 heterocycles. The van der Waals surface area contributed by atoms with Crippen molar-refractivity contribution in [2.24, 2.45) is 7.05 Å². The molecule has 0 aliphatic rings. The summed E-state index contributed by atoms with van der Waals surface area (Å²) >= 11 is 9.22.